The first kappa shape index (κ1) is 14.5. The van der Waals surface area contributed by atoms with Crippen molar-refractivity contribution >= 4 is 0 Å². The monoisotopic (exact) mass is 260 g/mol. The van der Waals surface area contributed by atoms with Crippen molar-refractivity contribution in [2.75, 3.05) is 19.6 Å². The van der Waals surface area contributed by atoms with Gasteiger partial charge in [0, 0.05) is 12.6 Å². The maximum Gasteiger partial charge on any atom is 0.0475 e. The summed E-state index contributed by atoms with van der Waals surface area (Å²) in [5.41, 5.74) is 10.3. The summed E-state index contributed by atoms with van der Waals surface area (Å²) in [4.78, 5) is 2.61. The maximum atomic E-state index is 6.12. The van der Waals surface area contributed by atoms with Crippen LogP contribution in [0.1, 0.15) is 48.9 Å². The molecule has 2 atom stereocenters. The van der Waals surface area contributed by atoms with E-state index in [0.29, 0.717) is 6.04 Å². The molecule has 1 aliphatic heterocycles. The molecular weight excluding hydrogens is 232 g/mol. The number of benzene rings is 1. The summed E-state index contributed by atoms with van der Waals surface area (Å²) in [6.07, 6.45) is 3.98. The summed E-state index contributed by atoms with van der Waals surface area (Å²) in [7, 11) is 0. The maximum absolute atomic E-state index is 6.12. The highest BCUT2D eigenvalue weighted by Crippen LogP contribution is 2.29. The van der Waals surface area contributed by atoms with E-state index in [4.69, 9.17) is 5.73 Å². The van der Waals surface area contributed by atoms with Gasteiger partial charge in [0.15, 0.2) is 0 Å². The molecule has 1 heterocycles. The minimum Gasteiger partial charge on any atom is -0.329 e. The molecule has 0 aliphatic carbocycles. The van der Waals surface area contributed by atoms with Crippen LogP contribution in [-0.2, 0) is 0 Å². The minimum atomic E-state index is 0.395. The van der Waals surface area contributed by atoms with Gasteiger partial charge in [-0.25, -0.2) is 0 Å². The van der Waals surface area contributed by atoms with E-state index in [1.165, 1.54) is 49.0 Å². The molecule has 1 aromatic carbocycles. The Morgan fingerprint density at radius 3 is 2.53 bits per heavy atom. The number of hydrogen-bond acceptors (Lipinski definition) is 2. The van der Waals surface area contributed by atoms with Gasteiger partial charge in [0.25, 0.3) is 0 Å². The largest absolute Gasteiger partial charge is 0.329 e. The zero-order valence-electron chi connectivity index (χ0n) is 12.7. The van der Waals surface area contributed by atoms with Crippen molar-refractivity contribution in [3.8, 4) is 0 Å². The molecule has 2 N–H and O–H groups in total. The van der Waals surface area contributed by atoms with Crippen molar-refractivity contribution < 1.29 is 0 Å². The van der Waals surface area contributed by atoms with E-state index in [1.807, 2.05) is 0 Å². The number of likely N-dealkylation sites (tertiary alicyclic amines) is 1. The Kier molecular flexibility index (Phi) is 5.00. The Hall–Kier alpha value is -0.860. The van der Waals surface area contributed by atoms with Crippen LogP contribution in [0.25, 0.3) is 0 Å². The summed E-state index contributed by atoms with van der Waals surface area (Å²) in [5, 5.41) is 0. The van der Waals surface area contributed by atoms with Crippen molar-refractivity contribution in [1.29, 1.82) is 0 Å². The summed E-state index contributed by atoms with van der Waals surface area (Å²) in [6, 6.07) is 6.97. The van der Waals surface area contributed by atoms with Gasteiger partial charge in [0.1, 0.15) is 0 Å². The normalized spacial score (nSPS) is 23.1. The predicted octanol–water partition coefficient (Wildman–Crippen LogP) is 3.43. The van der Waals surface area contributed by atoms with E-state index < -0.39 is 0 Å². The standard InChI is InChI=1S/C17H28N2/c1-13-6-5-10-19(11-9-13)16(12-18)17-14(2)7-4-8-15(17)3/h4,7-8,13,16H,5-6,9-12,18H2,1-3H3. The molecule has 1 aliphatic rings. The smallest absolute Gasteiger partial charge is 0.0475 e. The van der Waals surface area contributed by atoms with E-state index in [0.717, 1.165) is 12.5 Å². The quantitative estimate of drug-likeness (QED) is 0.902. The van der Waals surface area contributed by atoms with Gasteiger partial charge in [-0.05, 0) is 68.8 Å². The van der Waals surface area contributed by atoms with Crippen LogP contribution in [0.2, 0.25) is 0 Å². The van der Waals surface area contributed by atoms with Crippen LogP contribution >= 0.6 is 0 Å². The molecule has 2 nitrogen and oxygen atoms in total. The SMILES string of the molecule is Cc1cccc(C)c1C(CN)N1CCCC(C)CC1. The predicted molar refractivity (Wildman–Crippen MR) is 82.3 cm³/mol. The van der Waals surface area contributed by atoms with Crippen molar-refractivity contribution in [2.24, 2.45) is 11.7 Å². The number of nitrogens with two attached hydrogens (primary N) is 1. The first-order chi connectivity index (χ1) is 9.13. The third-order valence-electron chi connectivity index (χ3n) is 4.59. The third kappa shape index (κ3) is 3.37. The van der Waals surface area contributed by atoms with Gasteiger partial charge in [0.05, 0.1) is 0 Å². The molecule has 0 radical (unpaired) electrons. The molecule has 0 bridgehead atoms. The average molecular weight is 260 g/mol. The van der Waals surface area contributed by atoms with Crippen LogP contribution in [-0.4, -0.2) is 24.5 Å². The fourth-order valence-electron chi connectivity index (χ4n) is 3.40. The van der Waals surface area contributed by atoms with Crippen LogP contribution < -0.4 is 5.73 Å². The van der Waals surface area contributed by atoms with E-state index >= 15 is 0 Å². The van der Waals surface area contributed by atoms with Gasteiger partial charge in [-0.3, -0.25) is 4.90 Å². The lowest BCUT2D eigenvalue weighted by Crippen LogP contribution is -2.35. The summed E-state index contributed by atoms with van der Waals surface area (Å²) in [5.74, 6) is 0.862. The van der Waals surface area contributed by atoms with Crippen LogP contribution in [0, 0.1) is 19.8 Å². The van der Waals surface area contributed by atoms with E-state index in [-0.39, 0.29) is 0 Å². The first-order valence-corrected chi connectivity index (χ1v) is 7.63. The molecule has 1 saturated heterocycles. The number of nitrogens with zero attached hydrogens (tertiary/aromatic N) is 1. The van der Waals surface area contributed by atoms with Gasteiger partial charge >= 0.3 is 0 Å². The lowest BCUT2D eigenvalue weighted by atomic mass is 9.95. The Balaban J connectivity index is 2.24. The van der Waals surface area contributed by atoms with E-state index in [1.54, 1.807) is 0 Å². The highest BCUT2D eigenvalue weighted by atomic mass is 15.2. The van der Waals surface area contributed by atoms with Crippen LogP contribution in [0.4, 0.5) is 0 Å². The van der Waals surface area contributed by atoms with Gasteiger partial charge in [0.2, 0.25) is 0 Å². The summed E-state index contributed by atoms with van der Waals surface area (Å²) < 4.78 is 0. The Bertz CT molecular complexity index is 393. The molecule has 106 valence electrons. The van der Waals surface area contributed by atoms with Crippen molar-refractivity contribution in [2.45, 2.75) is 46.1 Å². The van der Waals surface area contributed by atoms with Crippen molar-refractivity contribution in [3.63, 3.8) is 0 Å². The van der Waals surface area contributed by atoms with Crippen LogP contribution in [0.15, 0.2) is 18.2 Å². The molecule has 19 heavy (non-hydrogen) atoms. The molecule has 1 fully saturated rings. The molecule has 2 rings (SSSR count). The lowest BCUT2D eigenvalue weighted by molar-refractivity contribution is 0.206. The van der Waals surface area contributed by atoms with E-state index in [9.17, 15) is 0 Å². The average Bonchev–Trinajstić information content (AvgIpc) is 2.59. The molecule has 2 unspecified atom stereocenters. The molecule has 0 amide bonds. The molecule has 0 spiro atoms. The van der Waals surface area contributed by atoms with Gasteiger partial charge in [-0.2, -0.15) is 0 Å². The molecule has 0 saturated carbocycles. The second kappa shape index (κ2) is 6.53. The highest BCUT2D eigenvalue weighted by molar-refractivity contribution is 5.36. The highest BCUT2D eigenvalue weighted by Gasteiger charge is 2.24. The Labute approximate surface area is 118 Å². The molecule has 1 aromatic rings. The zero-order valence-corrected chi connectivity index (χ0v) is 12.7. The van der Waals surface area contributed by atoms with Gasteiger partial charge in [-0.1, -0.05) is 25.1 Å². The Morgan fingerprint density at radius 2 is 1.89 bits per heavy atom. The number of rotatable bonds is 3. The van der Waals surface area contributed by atoms with Crippen LogP contribution in [0.3, 0.4) is 0 Å². The topological polar surface area (TPSA) is 29.3 Å². The lowest BCUT2D eigenvalue weighted by Gasteiger charge is -2.32. The second-order valence-corrected chi connectivity index (χ2v) is 6.13. The van der Waals surface area contributed by atoms with Gasteiger partial charge < -0.3 is 5.73 Å². The second-order valence-electron chi connectivity index (χ2n) is 6.13. The van der Waals surface area contributed by atoms with E-state index in [2.05, 4.69) is 43.9 Å². The Morgan fingerprint density at radius 1 is 1.21 bits per heavy atom. The van der Waals surface area contributed by atoms with Crippen LogP contribution in [0.5, 0.6) is 0 Å². The zero-order chi connectivity index (χ0) is 13.8. The molecule has 0 aromatic heterocycles. The molecular formula is C17H28N2. The van der Waals surface area contributed by atoms with Gasteiger partial charge in [-0.15, -0.1) is 0 Å². The number of hydrogen-bond donors (Lipinski definition) is 1. The van der Waals surface area contributed by atoms with Crippen molar-refractivity contribution in [3.05, 3.63) is 34.9 Å². The minimum absolute atomic E-state index is 0.395. The third-order valence-corrected chi connectivity index (χ3v) is 4.59. The molecule has 2 heteroatoms. The van der Waals surface area contributed by atoms with Crippen molar-refractivity contribution in [1.82, 2.24) is 4.90 Å². The first-order valence-electron chi connectivity index (χ1n) is 7.63. The fraction of sp³-hybridized carbons (Fsp3) is 0.647. The fourth-order valence-corrected chi connectivity index (χ4v) is 3.40. The summed E-state index contributed by atoms with van der Waals surface area (Å²) in [6.45, 7) is 9.91. The number of aryl methyl sites for hydroxylation is 2. The summed E-state index contributed by atoms with van der Waals surface area (Å²) >= 11 is 0.